The summed E-state index contributed by atoms with van der Waals surface area (Å²) < 4.78 is 0. The maximum Gasteiger partial charge on any atom is 0.225 e. The summed E-state index contributed by atoms with van der Waals surface area (Å²) in [7, 11) is 0. The van der Waals surface area contributed by atoms with Crippen LogP contribution in [0.2, 0.25) is 0 Å². The first-order valence-corrected chi connectivity index (χ1v) is 8.94. The van der Waals surface area contributed by atoms with Gasteiger partial charge in [-0.15, -0.1) is 0 Å². The molecule has 1 saturated heterocycles. The van der Waals surface area contributed by atoms with Crippen molar-refractivity contribution in [2.45, 2.75) is 32.6 Å². The second-order valence-corrected chi connectivity index (χ2v) is 7.09. The van der Waals surface area contributed by atoms with Gasteiger partial charge in [0.2, 0.25) is 5.91 Å². The fourth-order valence-corrected chi connectivity index (χ4v) is 3.38. The van der Waals surface area contributed by atoms with Gasteiger partial charge in [0.15, 0.2) is 0 Å². The topological polar surface area (TPSA) is 32.3 Å². The van der Waals surface area contributed by atoms with E-state index in [9.17, 15) is 4.79 Å². The van der Waals surface area contributed by atoms with Crippen molar-refractivity contribution in [3.8, 4) is 0 Å². The Morgan fingerprint density at radius 2 is 1.87 bits per heavy atom. The minimum Gasteiger partial charge on any atom is -0.338 e. The second-order valence-electron chi connectivity index (χ2n) is 7.09. The van der Waals surface area contributed by atoms with Crippen molar-refractivity contribution in [3.05, 3.63) is 41.5 Å². The van der Waals surface area contributed by atoms with E-state index in [1.807, 2.05) is 6.07 Å². The van der Waals surface area contributed by atoms with E-state index in [1.165, 1.54) is 24.0 Å². The number of hydrogen-bond acceptors (Lipinski definition) is 2. The van der Waals surface area contributed by atoms with Gasteiger partial charge in [0.1, 0.15) is 0 Å². The molecule has 0 radical (unpaired) electrons. The molecule has 0 spiro atoms. The number of nitrogens with zero attached hydrogens (tertiary/aromatic N) is 1. The minimum atomic E-state index is 0.307. The molecule has 124 valence electrons. The highest BCUT2D eigenvalue weighted by Crippen LogP contribution is 2.32. The average molecular weight is 312 g/mol. The van der Waals surface area contributed by atoms with E-state index in [-0.39, 0.29) is 0 Å². The molecule has 0 aromatic heterocycles. The Balaban J connectivity index is 1.64. The molecule has 1 aliphatic carbocycles. The van der Waals surface area contributed by atoms with Gasteiger partial charge in [-0.25, -0.2) is 0 Å². The van der Waals surface area contributed by atoms with Crippen molar-refractivity contribution >= 4 is 12.0 Å². The fraction of sp³-hybridized carbons (Fsp3) is 0.550. The molecular weight excluding hydrogens is 284 g/mol. The Hall–Kier alpha value is -1.61. The van der Waals surface area contributed by atoms with Crippen molar-refractivity contribution < 1.29 is 4.79 Å². The largest absolute Gasteiger partial charge is 0.338 e. The third-order valence-electron chi connectivity index (χ3n) is 4.83. The third kappa shape index (κ3) is 4.93. The van der Waals surface area contributed by atoms with Crippen LogP contribution in [0.1, 0.15) is 38.2 Å². The van der Waals surface area contributed by atoms with Gasteiger partial charge in [0.25, 0.3) is 0 Å². The normalized spacial score (nSPS) is 19.6. The number of rotatable bonds is 6. The highest BCUT2D eigenvalue weighted by molar-refractivity contribution is 5.81. The van der Waals surface area contributed by atoms with Crippen molar-refractivity contribution in [3.63, 3.8) is 0 Å². The molecule has 1 amide bonds. The molecule has 1 saturated carbocycles. The molecule has 0 unspecified atom stereocenters. The van der Waals surface area contributed by atoms with Gasteiger partial charge in [-0.3, -0.25) is 4.79 Å². The summed E-state index contributed by atoms with van der Waals surface area (Å²) in [6.45, 7) is 6.03. The molecule has 1 N–H and O–H groups in total. The summed E-state index contributed by atoms with van der Waals surface area (Å²) in [6.07, 6.45) is 6.76. The first-order valence-electron chi connectivity index (χ1n) is 8.94. The van der Waals surface area contributed by atoms with Crippen LogP contribution in [0.4, 0.5) is 0 Å². The standard InChI is InChI=1S/C20H28N2O/c1-16(13-17-5-3-2-4-6-17)14-22(20(23)19-7-8-19)15-18-9-11-21-12-10-18/h2-6,13,18-19,21H,7-12,14-15H2,1H3/b16-13-. The molecule has 0 bridgehead atoms. The molecule has 3 rings (SSSR count). The molecule has 0 atom stereocenters. The van der Waals surface area contributed by atoms with Crippen LogP contribution in [0, 0.1) is 11.8 Å². The predicted molar refractivity (Wildman–Crippen MR) is 95.0 cm³/mol. The maximum atomic E-state index is 12.7. The molecule has 2 aliphatic rings. The maximum absolute atomic E-state index is 12.7. The Morgan fingerprint density at radius 3 is 2.52 bits per heavy atom. The van der Waals surface area contributed by atoms with E-state index in [1.54, 1.807) is 0 Å². The number of nitrogens with one attached hydrogen (secondary N) is 1. The lowest BCUT2D eigenvalue weighted by Crippen LogP contribution is -2.40. The molecule has 3 heteroatoms. The van der Waals surface area contributed by atoms with Gasteiger partial charge in [0.05, 0.1) is 0 Å². The smallest absolute Gasteiger partial charge is 0.225 e. The van der Waals surface area contributed by atoms with Gasteiger partial charge in [-0.05, 0) is 57.2 Å². The Bertz CT molecular complexity index is 542. The van der Waals surface area contributed by atoms with Crippen LogP contribution in [-0.2, 0) is 4.79 Å². The first-order chi connectivity index (χ1) is 11.2. The van der Waals surface area contributed by atoms with Gasteiger partial charge in [-0.2, -0.15) is 0 Å². The van der Waals surface area contributed by atoms with Gasteiger partial charge in [0, 0.05) is 19.0 Å². The zero-order valence-electron chi connectivity index (χ0n) is 14.1. The summed E-state index contributed by atoms with van der Waals surface area (Å²) in [5, 5.41) is 3.41. The number of benzene rings is 1. The van der Waals surface area contributed by atoms with E-state index in [0.717, 1.165) is 39.0 Å². The number of amides is 1. The lowest BCUT2D eigenvalue weighted by atomic mass is 9.97. The number of carbonyl (C=O) groups excluding carboxylic acids is 1. The third-order valence-corrected chi connectivity index (χ3v) is 4.83. The molecule has 1 aliphatic heterocycles. The minimum absolute atomic E-state index is 0.307. The zero-order valence-corrected chi connectivity index (χ0v) is 14.1. The van der Waals surface area contributed by atoms with E-state index in [2.05, 4.69) is 47.5 Å². The van der Waals surface area contributed by atoms with E-state index in [4.69, 9.17) is 0 Å². The highest BCUT2D eigenvalue weighted by Gasteiger charge is 2.34. The van der Waals surface area contributed by atoms with Crippen LogP contribution in [0.15, 0.2) is 35.9 Å². The summed E-state index contributed by atoms with van der Waals surface area (Å²) in [6, 6.07) is 10.4. The monoisotopic (exact) mass is 312 g/mol. The Labute approximate surface area is 139 Å². The molecule has 1 heterocycles. The predicted octanol–water partition coefficient (Wildman–Crippen LogP) is 3.33. The molecule has 23 heavy (non-hydrogen) atoms. The molecule has 1 aromatic carbocycles. The number of carbonyl (C=O) groups is 1. The van der Waals surface area contributed by atoms with Crippen LogP contribution in [-0.4, -0.2) is 37.0 Å². The van der Waals surface area contributed by atoms with Crippen LogP contribution < -0.4 is 5.32 Å². The van der Waals surface area contributed by atoms with Crippen molar-refractivity contribution in [1.29, 1.82) is 0 Å². The molecular formula is C20H28N2O. The Morgan fingerprint density at radius 1 is 1.17 bits per heavy atom. The quantitative estimate of drug-likeness (QED) is 0.874. The van der Waals surface area contributed by atoms with Crippen LogP contribution in [0.3, 0.4) is 0 Å². The van der Waals surface area contributed by atoms with Crippen molar-refractivity contribution in [1.82, 2.24) is 10.2 Å². The fourth-order valence-electron chi connectivity index (χ4n) is 3.38. The summed E-state index contributed by atoms with van der Waals surface area (Å²) in [5.74, 6) is 1.34. The van der Waals surface area contributed by atoms with E-state index >= 15 is 0 Å². The molecule has 1 aromatic rings. The second kappa shape index (κ2) is 7.78. The van der Waals surface area contributed by atoms with Gasteiger partial charge >= 0.3 is 0 Å². The highest BCUT2D eigenvalue weighted by atomic mass is 16.2. The molecule has 2 fully saturated rings. The van der Waals surface area contributed by atoms with E-state index in [0.29, 0.717) is 17.7 Å². The SMILES string of the molecule is C/C(=C/c1ccccc1)CN(CC1CCNCC1)C(=O)C1CC1. The lowest BCUT2D eigenvalue weighted by Gasteiger charge is -2.30. The molecule has 3 nitrogen and oxygen atoms in total. The number of piperidine rings is 1. The zero-order chi connectivity index (χ0) is 16.1. The summed E-state index contributed by atoms with van der Waals surface area (Å²) in [4.78, 5) is 14.8. The van der Waals surface area contributed by atoms with Crippen LogP contribution in [0.25, 0.3) is 6.08 Å². The Kier molecular flexibility index (Phi) is 5.50. The summed E-state index contributed by atoms with van der Waals surface area (Å²) >= 11 is 0. The van der Waals surface area contributed by atoms with Crippen molar-refractivity contribution in [2.24, 2.45) is 11.8 Å². The van der Waals surface area contributed by atoms with Gasteiger partial charge in [-0.1, -0.05) is 42.0 Å². The number of hydrogen-bond donors (Lipinski definition) is 1. The van der Waals surface area contributed by atoms with Crippen molar-refractivity contribution in [2.75, 3.05) is 26.2 Å². The summed E-state index contributed by atoms with van der Waals surface area (Å²) in [5.41, 5.74) is 2.48. The van der Waals surface area contributed by atoms with Crippen LogP contribution >= 0.6 is 0 Å². The van der Waals surface area contributed by atoms with E-state index < -0.39 is 0 Å². The lowest BCUT2D eigenvalue weighted by molar-refractivity contribution is -0.132. The average Bonchev–Trinajstić information content (AvgIpc) is 3.40. The van der Waals surface area contributed by atoms with Gasteiger partial charge < -0.3 is 10.2 Å². The first kappa shape index (κ1) is 16.3. The van der Waals surface area contributed by atoms with Crippen LogP contribution in [0.5, 0.6) is 0 Å².